The van der Waals surface area contributed by atoms with Crippen LogP contribution in [-0.2, 0) is 6.54 Å². The highest BCUT2D eigenvalue weighted by atomic mass is 32.2. The molecule has 0 bridgehead atoms. The number of alkyl halides is 3. The van der Waals surface area contributed by atoms with Gasteiger partial charge in [0.15, 0.2) is 0 Å². The quantitative estimate of drug-likeness (QED) is 0.748. The van der Waals surface area contributed by atoms with E-state index in [2.05, 4.69) is 15.5 Å². The zero-order chi connectivity index (χ0) is 10.6. The average molecular weight is 227 g/mol. The number of nitrogens with zero attached hydrogens (tertiary/aromatic N) is 4. The molecule has 0 aromatic carbocycles. The predicted molar refractivity (Wildman–Crippen MR) is 43.7 cm³/mol. The van der Waals surface area contributed by atoms with Crippen molar-refractivity contribution in [3.8, 4) is 0 Å². The van der Waals surface area contributed by atoms with Gasteiger partial charge in [0.1, 0.15) is 0 Å². The van der Waals surface area contributed by atoms with Crippen molar-refractivity contribution in [2.45, 2.75) is 17.9 Å². The third-order valence-electron chi connectivity index (χ3n) is 1.20. The number of thioether (sulfide) groups is 1. The molecule has 0 saturated carbocycles. The summed E-state index contributed by atoms with van der Waals surface area (Å²) in [6, 6.07) is 0. The van der Waals surface area contributed by atoms with Crippen LogP contribution in [0.1, 0.15) is 0 Å². The van der Waals surface area contributed by atoms with Gasteiger partial charge >= 0.3 is 6.18 Å². The lowest BCUT2D eigenvalue weighted by Gasteiger charge is -2.05. The topological polar surface area (TPSA) is 69.6 Å². The third-order valence-corrected chi connectivity index (χ3v) is 2.23. The monoisotopic (exact) mass is 227 g/mol. The Morgan fingerprint density at radius 1 is 1.43 bits per heavy atom. The van der Waals surface area contributed by atoms with Crippen LogP contribution >= 0.6 is 11.8 Å². The number of rotatable bonds is 4. The molecule has 0 saturated heterocycles. The molecule has 1 rings (SSSR count). The first-order valence-electron chi connectivity index (χ1n) is 3.68. The van der Waals surface area contributed by atoms with Crippen molar-refractivity contribution in [3.05, 3.63) is 0 Å². The number of hydrogen-bond acceptors (Lipinski definition) is 5. The van der Waals surface area contributed by atoms with Crippen LogP contribution in [0.2, 0.25) is 0 Å². The van der Waals surface area contributed by atoms with Gasteiger partial charge in [-0.05, 0) is 10.4 Å². The molecule has 0 unspecified atom stereocenters. The second kappa shape index (κ2) is 4.60. The van der Waals surface area contributed by atoms with Crippen LogP contribution in [0.4, 0.5) is 13.2 Å². The van der Waals surface area contributed by atoms with E-state index in [1.807, 2.05) is 0 Å². The second-order valence-electron chi connectivity index (χ2n) is 2.38. The van der Waals surface area contributed by atoms with Gasteiger partial charge < -0.3 is 5.73 Å². The first kappa shape index (κ1) is 11.2. The van der Waals surface area contributed by atoms with E-state index in [4.69, 9.17) is 5.73 Å². The summed E-state index contributed by atoms with van der Waals surface area (Å²) in [5.41, 5.74) is 5.22. The summed E-state index contributed by atoms with van der Waals surface area (Å²) in [5.74, 6) is -1.00. The molecule has 1 aromatic rings. The molecule has 2 N–H and O–H groups in total. The smallest absolute Gasteiger partial charge is 0.329 e. The molecule has 0 spiro atoms. The minimum atomic E-state index is -4.22. The van der Waals surface area contributed by atoms with E-state index in [1.165, 1.54) is 4.68 Å². The van der Waals surface area contributed by atoms with Gasteiger partial charge in [0, 0.05) is 6.54 Å². The fourth-order valence-electron chi connectivity index (χ4n) is 0.709. The minimum absolute atomic E-state index is 0.132. The standard InChI is InChI=1S/C5H8F3N5S/c6-5(7,8)3-14-4-10-11-12-13(4)2-1-9/h1-3,9H2. The summed E-state index contributed by atoms with van der Waals surface area (Å²) >= 11 is 0.547. The molecule has 80 valence electrons. The summed E-state index contributed by atoms with van der Waals surface area (Å²) < 4.78 is 36.8. The number of hydrogen-bond donors (Lipinski definition) is 1. The number of tetrazole rings is 1. The van der Waals surface area contributed by atoms with Gasteiger partial charge in [0.25, 0.3) is 0 Å². The lowest BCUT2D eigenvalue weighted by Crippen LogP contribution is -2.14. The molecule has 5 nitrogen and oxygen atoms in total. The Labute approximate surface area is 81.8 Å². The molecule has 1 heterocycles. The highest BCUT2D eigenvalue weighted by molar-refractivity contribution is 7.99. The minimum Gasteiger partial charge on any atom is -0.329 e. The summed E-state index contributed by atoms with van der Waals surface area (Å²) in [6.45, 7) is 0.595. The van der Waals surface area contributed by atoms with Gasteiger partial charge in [0.2, 0.25) is 5.16 Å². The van der Waals surface area contributed by atoms with Crippen LogP contribution < -0.4 is 5.73 Å². The van der Waals surface area contributed by atoms with E-state index in [0.717, 1.165) is 0 Å². The van der Waals surface area contributed by atoms with Gasteiger partial charge in [-0.2, -0.15) is 13.2 Å². The fourth-order valence-corrected chi connectivity index (χ4v) is 1.37. The van der Waals surface area contributed by atoms with Crippen molar-refractivity contribution in [1.29, 1.82) is 0 Å². The second-order valence-corrected chi connectivity index (χ2v) is 3.32. The van der Waals surface area contributed by atoms with Crippen LogP contribution in [0.5, 0.6) is 0 Å². The summed E-state index contributed by atoms with van der Waals surface area (Å²) in [6.07, 6.45) is -4.22. The Balaban J connectivity index is 2.53. The Bertz CT molecular complexity index is 285. The molecule has 0 atom stereocenters. The Hall–Kier alpha value is -0.830. The number of aromatic nitrogens is 4. The molecule has 0 fully saturated rings. The molecule has 0 aliphatic heterocycles. The van der Waals surface area contributed by atoms with Crippen molar-refractivity contribution >= 4 is 11.8 Å². The zero-order valence-corrected chi connectivity index (χ0v) is 7.85. The number of halogens is 3. The largest absolute Gasteiger partial charge is 0.398 e. The zero-order valence-electron chi connectivity index (χ0n) is 7.03. The van der Waals surface area contributed by atoms with Crippen molar-refractivity contribution < 1.29 is 13.2 Å². The van der Waals surface area contributed by atoms with Gasteiger partial charge in [-0.1, -0.05) is 11.8 Å². The van der Waals surface area contributed by atoms with E-state index in [1.54, 1.807) is 0 Å². The lowest BCUT2D eigenvalue weighted by atomic mass is 10.7. The van der Waals surface area contributed by atoms with E-state index < -0.39 is 11.9 Å². The van der Waals surface area contributed by atoms with Crippen LogP contribution in [0.15, 0.2) is 5.16 Å². The van der Waals surface area contributed by atoms with Crippen molar-refractivity contribution in [2.75, 3.05) is 12.3 Å². The summed E-state index contributed by atoms with van der Waals surface area (Å²) in [7, 11) is 0. The summed E-state index contributed by atoms with van der Waals surface area (Å²) in [5, 5.41) is 10.3. The van der Waals surface area contributed by atoms with Crippen LogP contribution in [0.25, 0.3) is 0 Å². The van der Waals surface area contributed by atoms with E-state index in [0.29, 0.717) is 18.3 Å². The van der Waals surface area contributed by atoms with Crippen molar-refractivity contribution in [3.63, 3.8) is 0 Å². The maximum absolute atomic E-state index is 11.8. The van der Waals surface area contributed by atoms with E-state index in [9.17, 15) is 13.2 Å². The highest BCUT2D eigenvalue weighted by Gasteiger charge is 2.28. The molecule has 0 radical (unpaired) electrons. The first-order chi connectivity index (χ1) is 6.53. The van der Waals surface area contributed by atoms with E-state index in [-0.39, 0.29) is 11.7 Å². The Kier molecular flexibility index (Phi) is 3.69. The molecule has 0 amide bonds. The Morgan fingerprint density at radius 2 is 2.14 bits per heavy atom. The maximum atomic E-state index is 11.8. The summed E-state index contributed by atoms with van der Waals surface area (Å²) in [4.78, 5) is 0. The Morgan fingerprint density at radius 3 is 2.71 bits per heavy atom. The van der Waals surface area contributed by atoms with Gasteiger partial charge in [0.05, 0.1) is 12.3 Å². The molecule has 0 aliphatic rings. The predicted octanol–water partition coefficient (Wildman–Crippen LogP) is 0.286. The molecule has 1 aromatic heterocycles. The average Bonchev–Trinajstić information content (AvgIpc) is 2.48. The molecule has 9 heteroatoms. The van der Waals surface area contributed by atoms with Gasteiger partial charge in [-0.15, -0.1) is 5.10 Å². The molecule has 0 aliphatic carbocycles. The van der Waals surface area contributed by atoms with Gasteiger partial charge in [-0.3, -0.25) is 0 Å². The van der Waals surface area contributed by atoms with Gasteiger partial charge in [-0.25, -0.2) is 4.68 Å². The van der Waals surface area contributed by atoms with E-state index >= 15 is 0 Å². The number of nitrogens with two attached hydrogens (primary N) is 1. The third kappa shape index (κ3) is 3.50. The maximum Gasteiger partial charge on any atom is 0.398 e. The first-order valence-corrected chi connectivity index (χ1v) is 4.67. The lowest BCUT2D eigenvalue weighted by molar-refractivity contribution is -0.105. The van der Waals surface area contributed by atoms with Crippen molar-refractivity contribution in [2.24, 2.45) is 5.73 Å². The highest BCUT2D eigenvalue weighted by Crippen LogP contribution is 2.25. The molecular formula is C5H8F3N5S. The normalized spacial score (nSPS) is 12.0. The fraction of sp³-hybridized carbons (Fsp3) is 0.800. The van der Waals surface area contributed by atoms with Crippen LogP contribution in [0.3, 0.4) is 0 Å². The van der Waals surface area contributed by atoms with Crippen molar-refractivity contribution in [1.82, 2.24) is 20.2 Å². The van der Waals surface area contributed by atoms with Crippen LogP contribution in [-0.4, -0.2) is 38.7 Å². The molecule has 14 heavy (non-hydrogen) atoms. The molecular weight excluding hydrogens is 219 g/mol. The van der Waals surface area contributed by atoms with Crippen LogP contribution in [0, 0.1) is 0 Å². The SMILES string of the molecule is NCCn1nnnc1SCC(F)(F)F.